The van der Waals surface area contributed by atoms with E-state index in [1.807, 2.05) is 24.3 Å². The van der Waals surface area contributed by atoms with Gasteiger partial charge in [0.2, 0.25) is 10.0 Å². The lowest BCUT2D eigenvalue weighted by Crippen LogP contribution is -2.44. The van der Waals surface area contributed by atoms with E-state index in [9.17, 15) is 13.2 Å². The van der Waals surface area contributed by atoms with Gasteiger partial charge in [0, 0.05) is 12.1 Å². The minimum atomic E-state index is -3.56. The Morgan fingerprint density at radius 3 is 2.67 bits per heavy atom. The van der Waals surface area contributed by atoms with E-state index in [4.69, 9.17) is 0 Å². The Bertz CT molecular complexity index is 541. The van der Waals surface area contributed by atoms with Gasteiger partial charge in [-0.05, 0) is 25.5 Å². The van der Waals surface area contributed by atoms with E-state index < -0.39 is 27.2 Å². The van der Waals surface area contributed by atoms with Gasteiger partial charge in [-0.15, -0.1) is 0 Å². The molecule has 0 saturated carbocycles. The standard InChI is InChI=1S/C12H16N2O3S/c1-8(2)18(16,17)14-12(15)11-7-9-5-3-4-6-10(9)13-11/h3-6,8,11,13H,7H2,1-2H3,(H,14,15)/t11-/m0/s1. The molecule has 1 aliphatic heterocycles. The van der Waals surface area contributed by atoms with Crippen molar-refractivity contribution >= 4 is 21.6 Å². The lowest BCUT2D eigenvalue weighted by atomic mass is 10.1. The second-order valence-corrected chi connectivity index (χ2v) is 6.86. The van der Waals surface area contributed by atoms with Crippen molar-refractivity contribution in [3.63, 3.8) is 0 Å². The lowest BCUT2D eigenvalue weighted by Gasteiger charge is -2.14. The molecular weight excluding hydrogens is 252 g/mol. The van der Waals surface area contributed by atoms with Crippen molar-refractivity contribution in [3.05, 3.63) is 29.8 Å². The minimum Gasteiger partial charge on any atom is -0.373 e. The van der Waals surface area contributed by atoms with Crippen LogP contribution in [0.25, 0.3) is 0 Å². The number of para-hydroxylation sites is 1. The molecule has 0 aliphatic carbocycles. The maximum Gasteiger partial charge on any atom is 0.256 e. The van der Waals surface area contributed by atoms with Crippen LogP contribution < -0.4 is 10.0 Å². The van der Waals surface area contributed by atoms with Crippen LogP contribution in [0.5, 0.6) is 0 Å². The Morgan fingerprint density at radius 1 is 1.39 bits per heavy atom. The molecule has 1 heterocycles. The van der Waals surface area contributed by atoms with Crippen LogP contribution in [-0.4, -0.2) is 25.6 Å². The van der Waals surface area contributed by atoms with Crippen molar-refractivity contribution in [2.45, 2.75) is 31.6 Å². The topological polar surface area (TPSA) is 75.3 Å². The second kappa shape index (κ2) is 4.61. The first-order valence-electron chi connectivity index (χ1n) is 5.80. The van der Waals surface area contributed by atoms with Gasteiger partial charge in [-0.25, -0.2) is 8.42 Å². The van der Waals surface area contributed by atoms with E-state index in [1.165, 1.54) is 13.8 Å². The Kier molecular flexibility index (Phi) is 3.30. The van der Waals surface area contributed by atoms with Gasteiger partial charge in [0.1, 0.15) is 6.04 Å². The number of rotatable bonds is 3. The van der Waals surface area contributed by atoms with Gasteiger partial charge in [-0.3, -0.25) is 9.52 Å². The SMILES string of the molecule is CC(C)S(=O)(=O)NC(=O)[C@@H]1Cc2ccccc2N1. The zero-order valence-electron chi connectivity index (χ0n) is 10.3. The molecule has 18 heavy (non-hydrogen) atoms. The fourth-order valence-corrected chi connectivity index (χ4v) is 2.44. The van der Waals surface area contributed by atoms with Gasteiger partial charge in [0.15, 0.2) is 0 Å². The molecule has 0 aromatic heterocycles. The van der Waals surface area contributed by atoms with Crippen LogP contribution in [0.15, 0.2) is 24.3 Å². The monoisotopic (exact) mass is 268 g/mol. The number of carbonyl (C=O) groups excluding carboxylic acids is 1. The molecule has 1 aromatic rings. The van der Waals surface area contributed by atoms with Gasteiger partial charge in [0.05, 0.1) is 5.25 Å². The highest BCUT2D eigenvalue weighted by Gasteiger charge is 2.29. The van der Waals surface area contributed by atoms with Crippen molar-refractivity contribution in [2.75, 3.05) is 5.32 Å². The van der Waals surface area contributed by atoms with Crippen molar-refractivity contribution in [1.29, 1.82) is 0 Å². The number of nitrogens with one attached hydrogen (secondary N) is 2. The van der Waals surface area contributed by atoms with Crippen LogP contribution in [0.4, 0.5) is 5.69 Å². The molecule has 1 aromatic carbocycles. The molecule has 1 aliphatic rings. The summed E-state index contributed by atoms with van der Waals surface area (Å²) in [5.41, 5.74) is 1.92. The van der Waals surface area contributed by atoms with Crippen LogP contribution in [0.2, 0.25) is 0 Å². The number of hydrogen-bond donors (Lipinski definition) is 2. The van der Waals surface area contributed by atoms with Crippen molar-refractivity contribution < 1.29 is 13.2 Å². The molecule has 1 atom stereocenters. The van der Waals surface area contributed by atoms with Crippen LogP contribution in [0.1, 0.15) is 19.4 Å². The molecule has 6 heteroatoms. The Morgan fingerprint density at radius 2 is 2.06 bits per heavy atom. The largest absolute Gasteiger partial charge is 0.373 e. The predicted molar refractivity (Wildman–Crippen MR) is 69.8 cm³/mol. The van der Waals surface area contributed by atoms with E-state index in [0.29, 0.717) is 6.42 Å². The first-order valence-corrected chi connectivity index (χ1v) is 7.34. The maximum absolute atomic E-state index is 11.9. The van der Waals surface area contributed by atoms with Gasteiger partial charge < -0.3 is 5.32 Å². The molecule has 1 amide bonds. The number of amides is 1. The molecule has 0 spiro atoms. The van der Waals surface area contributed by atoms with Gasteiger partial charge in [0.25, 0.3) is 5.91 Å². The molecule has 98 valence electrons. The van der Waals surface area contributed by atoms with Crippen LogP contribution in [-0.2, 0) is 21.2 Å². The number of sulfonamides is 1. The zero-order valence-corrected chi connectivity index (χ0v) is 11.1. The highest BCUT2D eigenvalue weighted by molar-refractivity contribution is 7.90. The van der Waals surface area contributed by atoms with E-state index in [0.717, 1.165) is 11.3 Å². The van der Waals surface area contributed by atoms with Gasteiger partial charge in [-0.2, -0.15) is 0 Å². The molecule has 0 unspecified atom stereocenters. The normalized spacial score (nSPS) is 18.3. The van der Waals surface area contributed by atoms with E-state index >= 15 is 0 Å². The molecular formula is C12H16N2O3S. The summed E-state index contributed by atoms with van der Waals surface area (Å²) in [6.45, 7) is 3.07. The summed E-state index contributed by atoms with van der Waals surface area (Å²) in [5, 5.41) is 2.40. The summed E-state index contributed by atoms with van der Waals surface area (Å²) in [6.07, 6.45) is 0.510. The molecule has 0 radical (unpaired) electrons. The van der Waals surface area contributed by atoms with Crippen molar-refractivity contribution in [1.82, 2.24) is 4.72 Å². The third-order valence-electron chi connectivity index (χ3n) is 2.95. The van der Waals surface area contributed by atoms with Crippen molar-refractivity contribution in [2.24, 2.45) is 0 Å². The minimum absolute atomic E-state index is 0.500. The van der Waals surface area contributed by atoms with Crippen LogP contribution in [0, 0.1) is 0 Å². The maximum atomic E-state index is 11.9. The van der Waals surface area contributed by atoms with E-state index in [1.54, 1.807) is 0 Å². The molecule has 2 N–H and O–H groups in total. The third-order valence-corrected chi connectivity index (χ3v) is 4.68. The second-order valence-electron chi connectivity index (χ2n) is 4.62. The predicted octanol–water partition coefficient (Wildman–Crippen LogP) is 0.878. The van der Waals surface area contributed by atoms with Crippen LogP contribution >= 0.6 is 0 Å². The molecule has 0 bridgehead atoms. The number of carbonyl (C=O) groups is 1. The Labute approximate surface area is 107 Å². The highest BCUT2D eigenvalue weighted by Crippen LogP contribution is 2.25. The summed E-state index contributed by atoms with van der Waals surface area (Å²) >= 11 is 0. The smallest absolute Gasteiger partial charge is 0.256 e. The average Bonchev–Trinajstić information content (AvgIpc) is 2.71. The molecule has 0 fully saturated rings. The van der Waals surface area contributed by atoms with Crippen LogP contribution in [0.3, 0.4) is 0 Å². The van der Waals surface area contributed by atoms with Crippen molar-refractivity contribution in [3.8, 4) is 0 Å². The fourth-order valence-electron chi connectivity index (χ4n) is 1.79. The summed E-state index contributed by atoms with van der Waals surface area (Å²) in [4.78, 5) is 11.9. The van der Waals surface area contributed by atoms with E-state index in [-0.39, 0.29) is 0 Å². The first kappa shape index (κ1) is 12.9. The molecule has 0 saturated heterocycles. The first-order chi connectivity index (χ1) is 8.40. The Balaban J connectivity index is 2.07. The number of fused-ring (bicyclic) bond motifs is 1. The number of hydrogen-bond acceptors (Lipinski definition) is 4. The third kappa shape index (κ3) is 2.48. The summed E-state index contributed by atoms with van der Waals surface area (Å²) in [5.74, 6) is -0.500. The average molecular weight is 268 g/mol. The van der Waals surface area contributed by atoms with Gasteiger partial charge in [-0.1, -0.05) is 18.2 Å². The Hall–Kier alpha value is -1.56. The molecule has 5 nitrogen and oxygen atoms in total. The fraction of sp³-hybridized carbons (Fsp3) is 0.417. The number of anilines is 1. The summed E-state index contributed by atoms with van der Waals surface area (Å²) in [7, 11) is -3.56. The zero-order chi connectivity index (χ0) is 13.3. The lowest BCUT2D eigenvalue weighted by molar-refractivity contribution is -0.119. The number of benzene rings is 1. The van der Waals surface area contributed by atoms with Gasteiger partial charge >= 0.3 is 0 Å². The summed E-state index contributed by atoms with van der Waals surface area (Å²) < 4.78 is 25.3. The van der Waals surface area contributed by atoms with E-state index in [2.05, 4.69) is 10.0 Å². The molecule has 2 rings (SSSR count). The summed E-state index contributed by atoms with van der Waals surface area (Å²) in [6, 6.07) is 7.05. The quantitative estimate of drug-likeness (QED) is 0.853. The highest BCUT2D eigenvalue weighted by atomic mass is 32.2.